The Bertz CT molecular complexity index is 433. The lowest BCUT2D eigenvalue weighted by molar-refractivity contribution is -0.317. The highest BCUT2D eigenvalue weighted by molar-refractivity contribution is 5.16. The lowest BCUT2D eigenvalue weighted by atomic mass is 9.86. The van der Waals surface area contributed by atoms with Gasteiger partial charge < -0.3 is 19.3 Å². The van der Waals surface area contributed by atoms with Crippen LogP contribution in [0.25, 0.3) is 0 Å². The normalized spacial score (nSPS) is 41.1. The molecule has 0 aromatic heterocycles. The second-order valence-corrected chi connectivity index (χ2v) is 5.65. The monoisotopic (exact) mass is 278 g/mol. The first kappa shape index (κ1) is 14.0. The average Bonchev–Trinajstić information content (AvgIpc) is 2.51. The molecule has 0 bridgehead atoms. The van der Waals surface area contributed by atoms with E-state index in [1.54, 1.807) is 0 Å². The van der Waals surface area contributed by atoms with E-state index in [4.69, 9.17) is 14.2 Å². The van der Waals surface area contributed by atoms with E-state index >= 15 is 0 Å². The van der Waals surface area contributed by atoms with Gasteiger partial charge in [0.1, 0.15) is 6.10 Å². The van der Waals surface area contributed by atoms with Crippen LogP contribution in [0.15, 0.2) is 30.3 Å². The van der Waals surface area contributed by atoms with Crippen LogP contribution in [0.4, 0.5) is 0 Å². The molecule has 2 aliphatic rings. The molecular weight excluding hydrogens is 256 g/mol. The highest BCUT2D eigenvalue weighted by atomic mass is 16.7. The zero-order chi connectivity index (χ0) is 14.1. The van der Waals surface area contributed by atoms with Crippen molar-refractivity contribution >= 4 is 0 Å². The zero-order valence-corrected chi connectivity index (χ0v) is 11.9. The Hall–Kier alpha value is -0.940. The summed E-state index contributed by atoms with van der Waals surface area (Å²) in [5, 5.41) is 10.3. The largest absolute Gasteiger partial charge is 0.390 e. The molecule has 0 aliphatic carbocycles. The third-order valence-corrected chi connectivity index (χ3v) is 4.32. The van der Waals surface area contributed by atoms with Crippen LogP contribution < -0.4 is 0 Å². The summed E-state index contributed by atoms with van der Waals surface area (Å²) in [6.45, 7) is 4.57. The van der Waals surface area contributed by atoms with Crippen molar-refractivity contribution in [3.63, 3.8) is 0 Å². The van der Waals surface area contributed by atoms with Crippen LogP contribution in [0.1, 0.15) is 32.1 Å². The van der Waals surface area contributed by atoms with Gasteiger partial charge in [0.15, 0.2) is 6.29 Å². The summed E-state index contributed by atoms with van der Waals surface area (Å²) in [5.41, 5.74) is 1.00. The van der Waals surface area contributed by atoms with Crippen molar-refractivity contribution in [1.82, 2.24) is 0 Å². The number of benzene rings is 1. The molecule has 20 heavy (non-hydrogen) atoms. The minimum atomic E-state index is -0.476. The third-order valence-electron chi connectivity index (χ3n) is 4.32. The van der Waals surface area contributed by atoms with Gasteiger partial charge >= 0.3 is 0 Å². The van der Waals surface area contributed by atoms with Crippen molar-refractivity contribution in [3.8, 4) is 0 Å². The fourth-order valence-corrected chi connectivity index (χ4v) is 3.09. The summed E-state index contributed by atoms with van der Waals surface area (Å²) in [5.74, 6) is 0.0498. The number of aliphatic hydroxyl groups is 1. The molecule has 0 amide bonds. The van der Waals surface area contributed by atoms with Gasteiger partial charge in [-0.1, -0.05) is 44.2 Å². The van der Waals surface area contributed by atoms with E-state index in [1.165, 1.54) is 0 Å². The summed E-state index contributed by atoms with van der Waals surface area (Å²) in [7, 11) is 0. The summed E-state index contributed by atoms with van der Waals surface area (Å²) in [6.07, 6.45) is -0.363. The molecule has 6 atom stereocenters. The predicted molar refractivity (Wildman–Crippen MR) is 74.1 cm³/mol. The van der Waals surface area contributed by atoms with Crippen LogP contribution in [0, 0.1) is 5.92 Å². The van der Waals surface area contributed by atoms with Crippen molar-refractivity contribution in [2.75, 3.05) is 6.61 Å². The molecule has 2 saturated heterocycles. The fraction of sp³-hybridized carbons (Fsp3) is 0.625. The second-order valence-electron chi connectivity index (χ2n) is 5.65. The summed E-state index contributed by atoms with van der Waals surface area (Å²) in [4.78, 5) is 0. The first-order valence-corrected chi connectivity index (χ1v) is 7.36. The van der Waals surface area contributed by atoms with Crippen LogP contribution in [0.2, 0.25) is 0 Å². The fourth-order valence-electron chi connectivity index (χ4n) is 3.09. The SMILES string of the molecule is CCC1OC2COC(c3ccccc3)OC2C(C)C1O. The smallest absolute Gasteiger partial charge is 0.184 e. The molecule has 0 spiro atoms. The van der Waals surface area contributed by atoms with E-state index in [0.29, 0.717) is 6.61 Å². The third kappa shape index (κ3) is 2.49. The standard InChI is InChI=1S/C16H22O4/c1-3-12-14(17)10(2)15-13(19-12)9-18-16(20-15)11-7-5-4-6-8-11/h4-8,10,12-17H,3,9H2,1-2H3. The molecule has 110 valence electrons. The lowest BCUT2D eigenvalue weighted by Crippen LogP contribution is -2.57. The van der Waals surface area contributed by atoms with Crippen molar-refractivity contribution in [2.45, 2.75) is 51.0 Å². The molecule has 4 nitrogen and oxygen atoms in total. The van der Waals surface area contributed by atoms with Gasteiger partial charge in [-0.05, 0) is 6.42 Å². The van der Waals surface area contributed by atoms with Crippen molar-refractivity contribution in [1.29, 1.82) is 0 Å². The van der Waals surface area contributed by atoms with Gasteiger partial charge in [-0.15, -0.1) is 0 Å². The predicted octanol–water partition coefficient (Wildman–Crippen LogP) is 2.28. The molecule has 2 fully saturated rings. The first-order valence-electron chi connectivity index (χ1n) is 7.36. The Morgan fingerprint density at radius 1 is 1.20 bits per heavy atom. The van der Waals surface area contributed by atoms with Crippen LogP contribution in [-0.2, 0) is 14.2 Å². The van der Waals surface area contributed by atoms with Gasteiger partial charge in [-0.25, -0.2) is 0 Å². The van der Waals surface area contributed by atoms with Crippen LogP contribution in [0.3, 0.4) is 0 Å². The lowest BCUT2D eigenvalue weighted by Gasteiger charge is -2.47. The van der Waals surface area contributed by atoms with Gasteiger partial charge in [0.05, 0.1) is 24.9 Å². The van der Waals surface area contributed by atoms with Crippen LogP contribution >= 0.6 is 0 Å². The average molecular weight is 278 g/mol. The molecule has 1 N–H and O–H groups in total. The Balaban J connectivity index is 1.74. The van der Waals surface area contributed by atoms with Gasteiger partial charge in [-0.2, -0.15) is 0 Å². The highest BCUT2D eigenvalue weighted by Gasteiger charge is 2.46. The Morgan fingerprint density at radius 2 is 1.95 bits per heavy atom. The number of ether oxygens (including phenoxy) is 3. The summed E-state index contributed by atoms with van der Waals surface area (Å²) >= 11 is 0. The van der Waals surface area contributed by atoms with Gasteiger partial charge in [-0.3, -0.25) is 0 Å². The van der Waals surface area contributed by atoms with E-state index < -0.39 is 6.10 Å². The highest BCUT2D eigenvalue weighted by Crippen LogP contribution is 2.37. The molecule has 1 aromatic rings. The summed E-state index contributed by atoms with van der Waals surface area (Å²) < 4.78 is 17.7. The number of rotatable bonds is 2. The maximum absolute atomic E-state index is 10.3. The van der Waals surface area contributed by atoms with Gasteiger partial charge in [0.2, 0.25) is 0 Å². The molecule has 1 aromatic carbocycles. The first-order chi connectivity index (χ1) is 9.70. The molecule has 0 radical (unpaired) electrons. The number of hydrogen-bond donors (Lipinski definition) is 1. The maximum Gasteiger partial charge on any atom is 0.184 e. The Labute approximate surface area is 119 Å². The molecule has 0 saturated carbocycles. The van der Waals surface area contributed by atoms with Gasteiger partial charge in [0.25, 0.3) is 0 Å². The quantitative estimate of drug-likeness (QED) is 0.901. The Morgan fingerprint density at radius 3 is 2.65 bits per heavy atom. The molecule has 4 heteroatoms. The van der Waals surface area contributed by atoms with Crippen LogP contribution in [-0.4, -0.2) is 36.1 Å². The molecule has 6 unspecified atom stereocenters. The number of aliphatic hydroxyl groups excluding tert-OH is 1. The minimum absolute atomic E-state index is 0.0498. The molecular formula is C16H22O4. The van der Waals surface area contributed by atoms with E-state index in [0.717, 1.165) is 12.0 Å². The maximum atomic E-state index is 10.3. The number of fused-ring (bicyclic) bond motifs is 1. The Kier molecular flexibility index (Phi) is 4.08. The molecule has 3 rings (SSSR count). The molecule has 2 heterocycles. The van der Waals surface area contributed by atoms with Crippen molar-refractivity contribution < 1.29 is 19.3 Å². The molecule has 2 aliphatic heterocycles. The summed E-state index contributed by atoms with van der Waals surface area (Å²) in [6, 6.07) is 9.89. The van der Waals surface area contributed by atoms with Crippen molar-refractivity contribution in [2.24, 2.45) is 5.92 Å². The van der Waals surface area contributed by atoms with Gasteiger partial charge in [0, 0.05) is 11.5 Å². The van der Waals surface area contributed by atoms with E-state index in [2.05, 4.69) is 0 Å². The van der Waals surface area contributed by atoms with E-state index in [-0.39, 0.29) is 30.5 Å². The minimum Gasteiger partial charge on any atom is -0.390 e. The van der Waals surface area contributed by atoms with E-state index in [9.17, 15) is 5.11 Å². The zero-order valence-electron chi connectivity index (χ0n) is 11.9. The van der Waals surface area contributed by atoms with Crippen molar-refractivity contribution in [3.05, 3.63) is 35.9 Å². The topological polar surface area (TPSA) is 47.9 Å². The van der Waals surface area contributed by atoms with Crippen LogP contribution in [0.5, 0.6) is 0 Å². The number of hydrogen-bond acceptors (Lipinski definition) is 4. The second kappa shape index (κ2) is 5.82. The van der Waals surface area contributed by atoms with E-state index in [1.807, 2.05) is 44.2 Å².